The van der Waals surface area contributed by atoms with E-state index in [0.717, 1.165) is 16.7 Å². The summed E-state index contributed by atoms with van der Waals surface area (Å²) in [5, 5.41) is 0. The molecule has 0 unspecified atom stereocenters. The summed E-state index contributed by atoms with van der Waals surface area (Å²) in [5.41, 5.74) is 2.96. The van der Waals surface area contributed by atoms with Crippen molar-refractivity contribution in [2.75, 3.05) is 0 Å². The van der Waals surface area contributed by atoms with Gasteiger partial charge in [0.05, 0.1) is 0 Å². The van der Waals surface area contributed by atoms with Gasteiger partial charge in [-0.05, 0) is 0 Å². The molecule has 0 aliphatic heterocycles. The van der Waals surface area contributed by atoms with Crippen molar-refractivity contribution in [3.8, 4) is 0 Å². The first kappa shape index (κ1) is 23.1. The van der Waals surface area contributed by atoms with Crippen LogP contribution in [0.1, 0.15) is 70.8 Å². The summed E-state index contributed by atoms with van der Waals surface area (Å²) in [4.78, 5) is 8.84. The second-order valence-electron chi connectivity index (χ2n) is 8.45. The van der Waals surface area contributed by atoms with Crippen molar-refractivity contribution in [2.24, 2.45) is 0 Å². The van der Waals surface area contributed by atoms with Crippen molar-refractivity contribution < 1.29 is 4.42 Å². The van der Waals surface area contributed by atoms with Crippen molar-refractivity contribution in [3.05, 3.63) is 54.2 Å². The molecule has 0 radical (unpaired) electrons. The first-order valence-electron chi connectivity index (χ1n) is 11.7. The number of aromatic nitrogens is 2. The first-order valence-corrected chi connectivity index (χ1v) is 19.2. The Morgan fingerprint density at radius 3 is 2.20 bits per heavy atom. The maximum absolute atomic E-state index is 6.15. The molecule has 160 valence electrons. The van der Waals surface area contributed by atoms with Gasteiger partial charge in [0.15, 0.2) is 0 Å². The van der Waals surface area contributed by atoms with Crippen molar-refractivity contribution in [1.82, 2.24) is 9.97 Å². The van der Waals surface area contributed by atoms with E-state index in [1.807, 2.05) is 30.5 Å². The fourth-order valence-corrected chi connectivity index (χ4v) is 20.3. The van der Waals surface area contributed by atoms with Gasteiger partial charge in [-0.15, -0.1) is 0 Å². The van der Waals surface area contributed by atoms with Crippen LogP contribution in [0.4, 0.5) is 0 Å². The molecule has 0 saturated heterocycles. The molecule has 2 heterocycles. The second kappa shape index (κ2) is 11.7. The van der Waals surface area contributed by atoms with Crippen molar-refractivity contribution >= 4 is 45.2 Å². The van der Waals surface area contributed by atoms with E-state index in [-0.39, 0.29) is 0 Å². The Hall–Kier alpha value is -1.62. The van der Waals surface area contributed by atoms with Crippen LogP contribution in [0.2, 0.25) is 13.3 Å². The van der Waals surface area contributed by atoms with Crippen molar-refractivity contribution in [1.29, 1.82) is 0 Å². The predicted molar refractivity (Wildman–Crippen MR) is 132 cm³/mol. The quantitative estimate of drug-likeness (QED) is 0.237. The van der Waals surface area contributed by atoms with Crippen LogP contribution in [0.3, 0.4) is 0 Å². The van der Waals surface area contributed by atoms with Gasteiger partial charge in [0.25, 0.3) is 0 Å². The molecule has 0 amide bonds. The van der Waals surface area contributed by atoms with E-state index in [9.17, 15) is 0 Å². The van der Waals surface area contributed by atoms with Crippen molar-refractivity contribution in [2.45, 2.75) is 72.6 Å². The molecule has 0 spiro atoms. The third kappa shape index (κ3) is 5.96. The molecular weight excluding hydrogens is 475 g/mol. The van der Waals surface area contributed by atoms with Gasteiger partial charge in [0, 0.05) is 0 Å². The number of fused-ring (bicyclic) bond motifs is 1. The Kier molecular flexibility index (Phi) is 8.98. The molecule has 0 aliphatic carbocycles. The number of oxazole rings is 1. The van der Waals surface area contributed by atoms with Gasteiger partial charge in [-0.2, -0.15) is 0 Å². The molecule has 1 aromatic carbocycles. The van der Waals surface area contributed by atoms with Gasteiger partial charge in [-0.3, -0.25) is 0 Å². The Labute approximate surface area is 185 Å². The predicted octanol–water partition coefficient (Wildman–Crippen LogP) is 7.45. The number of hydrogen-bond acceptors (Lipinski definition) is 3. The fourth-order valence-electron chi connectivity index (χ4n) is 4.34. The first-order chi connectivity index (χ1) is 14.7. The van der Waals surface area contributed by atoms with Gasteiger partial charge in [-0.25, -0.2) is 0 Å². The minimum absolute atomic E-state index is 0.669. The van der Waals surface area contributed by atoms with Gasteiger partial charge >= 0.3 is 186 Å². The van der Waals surface area contributed by atoms with E-state index in [1.165, 1.54) is 51.8 Å². The average molecular weight is 511 g/mol. The van der Waals surface area contributed by atoms with Crippen LogP contribution in [0, 0.1) is 0 Å². The van der Waals surface area contributed by atoms with Crippen LogP contribution in [0.25, 0.3) is 23.3 Å². The molecule has 4 heteroatoms. The SMILES string of the molecule is CCC[CH2][Sn]([CH2]CCC)([CH2]CCC)[c]1ccc2nc(/C=C/c3cccnc3)oc2c1. The third-order valence-electron chi connectivity index (χ3n) is 6.15. The zero-order valence-corrected chi connectivity index (χ0v) is 21.7. The summed E-state index contributed by atoms with van der Waals surface area (Å²) in [5.74, 6) is 0.669. The normalized spacial score (nSPS) is 12.2. The molecule has 0 N–H and O–H groups in total. The molecule has 3 nitrogen and oxygen atoms in total. The topological polar surface area (TPSA) is 38.9 Å². The average Bonchev–Trinajstić information content (AvgIpc) is 3.20. The Morgan fingerprint density at radius 2 is 1.60 bits per heavy atom. The Morgan fingerprint density at radius 1 is 0.900 bits per heavy atom. The van der Waals surface area contributed by atoms with Crippen LogP contribution < -0.4 is 3.58 Å². The molecule has 0 bridgehead atoms. The number of unbranched alkanes of at least 4 members (excludes halogenated alkanes) is 3. The molecule has 2 aromatic heterocycles. The summed E-state index contributed by atoms with van der Waals surface area (Å²) in [6.45, 7) is 6.99. The van der Waals surface area contributed by atoms with Gasteiger partial charge in [0.1, 0.15) is 0 Å². The van der Waals surface area contributed by atoms with Crippen LogP contribution >= 0.6 is 0 Å². The van der Waals surface area contributed by atoms with E-state index in [2.05, 4.69) is 48.9 Å². The van der Waals surface area contributed by atoms with Gasteiger partial charge < -0.3 is 0 Å². The fraction of sp³-hybridized carbons (Fsp3) is 0.462. The summed E-state index contributed by atoms with van der Waals surface area (Å²) >= 11 is -2.44. The third-order valence-corrected chi connectivity index (χ3v) is 21.8. The molecule has 0 atom stereocenters. The molecular formula is C26H36N2OSn. The van der Waals surface area contributed by atoms with Crippen LogP contribution in [0.5, 0.6) is 0 Å². The summed E-state index contributed by atoms with van der Waals surface area (Å²) in [6, 6.07) is 10.9. The Balaban J connectivity index is 1.92. The van der Waals surface area contributed by atoms with E-state index < -0.39 is 18.4 Å². The van der Waals surface area contributed by atoms with Gasteiger partial charge in [-0.1, -0.05) is 0 Å². The standard InChI is InChI=1S/C14H9N2O.3C4H9.Sn/c1-2-6-13-12(5-1)16-14(17-13)8-7-11-4-3-9-15-10-11;3*1-3-4-2;/h1,3-10H;3*1,3-4H2,2H3;/b8-7+;;;;. The number of rotatable bonds is 12. The van der Waals surface area contributed by atoms with E-state index in [4.69, 9.17) is 4.42 Å². The monoisotopic (exact) mass is 512 g/mol. The summed E-state index contributed by atoms with van der Waals surface area (Å²) in [7, 11) is 0. The number of benzene rings is 1. The number of nitrogens with zero attached hydrogens (tertiary/aromatic N) is 2. The molecule has 0 saturated carbocycles. The molecule has 3 rings (SSSR count). The minimum atomic E-state index is -2.44. The molecule has 3 aromatic rings. The molecule has 0 aliphatic rings. The van der Waals surface area contributed by atoms with E-state index in [0.29, 0.717) is 5.89 Å². The summed E-state index contributed by atoms with van der Waals surface area (Å²) < 4.78 is 12.2. The van der Waals surface area contributed by atoms with E-state index in [1.54, 1.807) is 9.78 Å². The van der Waals surface area contributed by atoms with Crippen molar-refractivity contribution in [3.63, 3.8) is 0 Å². The van der Waals surface area contributed by atoms with Crippen LogP contribution in [-0.2, 0) is 0 Å². The zero-order valence-electron chi connectivity index (χ0n) is 18.9. The van der Waals surface area contributed by atoms with Crippen LogP contribution in [-0.4, -0.2) is 28.3 Å². The second-order valence-corrected chi connectivity index (χ2v) is 21.7. The molecule has 0 fully saturated rings. The summed E-state index contributed by atoms with van der Waals surface area (Å²) in [6.07, 6.45) is 15.6. The van der Waals surface area contributed by atoms with E-state index >= 15 is 0 Å². The van der Waals surface area contributed by atoms with Crippen LogP contribution in [0.15, 0.2) is 47.1 Å². The molecule has 30 heavy (non-hydrogen) atoms. The Bertz CT molecular complexity index is 911. The maximum atomic E-state index is 6.15. The number of hydrogen-bond donors (Lipinski definition) is 0. The number of pyridine rings is 1. The van der Waals surface area contributed by atoms with Gasteiger partial charge in [0.2, 0.25) is 0 Å². The zero-order chi connectivity index (χ0) is 21.2.